The summed E-state index contributed by atoms with van der Waals surface area (Å²) < 4.78 is 0. The number of amides is 2. The molecule has 76 valence electrons. The fraction of sp³-hybridized carbons (Fsp3) is 0.778. The fourth-order valence-corrected chi connectivity index (χ4v) is 1.12. The third-order valence-electron chi connectivity index (χ3n) is 1.84. The van der Waals surface area contributed by atoms with E-state index >= 15 is 0 Å². The van der Waals surface area contributed by atoms with Crippen molar-refractivity contribution in [1.29, 1.82) is 0 Å². The predicted molar refractivity (Wildman–Crippen MR) is 51.2 cm³/mol. The fourth-order valence-electron chi connectivity index (χ4n) is 1.12. The Bertz CT molecular complexity index is 154. The highest BCUT2D eigenvalue weighted by Crippen LogP contribution is 2.05. The van der Waals surface area contributed by atoms with Crippen molar-refractivity contribution in [2.45, 2.75) is 26.7 Å². The molecular weight excluding hydrogens is 168 g/mol. The Morgan fingerprint density at radius 2 is 2.00 bits per heavy atom. The monoisotopic (exact) mass is 186 g/mol. The molecule has 1 saturated heterocycles. The molecule has 0 aromatic heterocycles. The number of hydrogen-bond donors (Lipinski definition) is 1. The van der Waals surface area contributed by atoms with Gasteiger partial charge in [-0.3, -0.25) is 9.59 Å². The average Bonchev–Trinajstić information content (AvgIpc) is 2.58. The minimum atomic E-state index is 0.225. The molecular formula is C9H18N2O2. The standard InChI is InChI=1S/C6H11NO.C3H7NO/c1-6(8)7-4-2-3-5-7;1-2-4-3-5/h2-5H2,1H3;3H,2H2,1H3,(H,4,5). The van der Waals surface area contributed by atoms with E-state index in [1.54, 1.807) is 6.92 Å². The minimum Gasteiger partial charge on any atom is -0.359 e. The molecule has 0 saturated carbocycles. The zero-order valence-corrected chi connectivity index (χ0v) is 8.38. The van der Waals surface area contributed by atoms with Crippen molar-refractivity contribution in [3.05, 3.63) is 0 Å². The number of carbonyl (C=O) groups excluding carboxylic acids is 2. The van der Waals surface area contributed by atoms with Crippen molar-refractivity contribution in [3.8, 4) is 0 Å². The van der Waals surface area contributed by atoms with E-state index in [9.17, 15) is 9.59 Å². The van der Waals surface area contributed by atoms with E-state index in [1.807, 2.05) is 11.8 Å². The van der Waals surface area contributed by atoms with E-state index in [0.717, 1.165) is 19.6 Å². The molecule has 0 bridgehead atoms. The lowest BCUT2D eigenvalue weighted by atomic mass is 10.4. The Hall–Kier alpha value is -1.06. The van der Waals surface area contributed by atoms with E-state index in [1.165, 1.54) is 12.8 Å². The predicted octanol–water partition coefficient (Wildman–Crippen LogP) is 0.381. The average molecular weight is 186 g/mol. The molecule has 2 amide bonds. The smallest absolute Gasteiger partial charge is 0.219 e. The minimum absolute atomic E-state index is 0.225. The van der Waals surface area contributed by atoms with Gasteiger partial charge in [-0.1, -0.05) is 0 Å². The van der Waals surface area contributed by atoms with Gasteiger partial charge in [0, 0.05) is 26.6 Å². The van der Waals surface area contributed by atoms with Crippen molar-refractivity contribution in [2.75, 3.05) is 19.6 Å². The molecule has 1 aliphatic rings. The summed E-state index contributed by atoms with van der Waals surface area (Å²) >= 11 is 0. The third kappa shape index (κ3) is 6.13. The summed E-state index contributed by atoms with van der Waals surface area (Å²) in [5, 5.41) is 2.43. The summed E-state index contributed by atoms with van der Waals surface area (Å²) in [4.78, 5) is 21.8. The summed E-state index contributed by atoms with van der Waals surface area (Å²) in [7, 11) is 0. The molecule has 0 atom stereocenters. The maximum Gasteiger partial charge on any atom is 0.219 e. The molecule has 0 aliphatic carbocycles. The molecule has 0 spiro atoms. The highest BCUT2D eigenvalue weighted by atomic mass is 16.2. The van der Waals surface area contributed by atoms with E-state index in [0.29, 0.717) is 6.41 Å². The molecule has 1 aliphatic heterocycles. The van der Waals surface area contributed by atoms with Gasteiger partial charge in [0.15, 0.2) is 0 Å². The molecule has 1 fully saturated rings. The van der Waals surface area contributed by atoms with Crippen LogP contribution < -0.4 is 5.32 Å². The van der Waals surface area contributed by atoms with Gasteiger partial charge in [-0.25, -0.2) is 0 Å². The molecule has 1 N–H and O–H groups in total. The lowest BCUT2D eigenvalue weighted by molar-refractivity contribution is -0.127. The first-order valence-corrected chi connectivity index (χ1v) is 4.65. The van der Waals surface area contributed by atoms with Crippen LogP contribution in [0.4, 0.5) is 0 Å². The summed E-state index contributed by atoms with van der Waals surface area (Å²) in [6.07, 6.45) is 3.07. The van der Waals surface area contributed by atoms with Gasteiger partial charge in [-0.15, -0.1) is 0 Å². The molecule has 4 nitrogen and oxygen atoms in total. The second kappa shape index (κ2) is 7.58. The van der Waals surface area contributed by atoms with Gasteiger partial charge in [0.25, 0.3) is 0 Å². The van der Waals surface area contributed by atoms with Crippen LogP contribution in [0.25, 0.3) is 0 Å². The zero-order chi connectivity index (χ0) is 10.1. The molecule has 1 heterocycles. The lowest BCUT2D eigenvalue weighted by Gasteiger charge is -2.10. The maximum absolute atomic E-state index is 10.6. The number of hydrogen-bond acceptors (Lipinski definition) is 2. The molecule has 1 rings (SSSR count). The quantitative estimate of drug-likeness (QED) is 0.634. The van der Waals surface area contributed by atoms with Gasteiger partial charge >= 0.3 is 0 Å². The number of nitrogens with zero attached hydrogens (tertiary/aromatic N) is 1. The van der Waals surface area contributed by atoms with Gasteiger partial charge < -0.3 is 10.2 Å². The van der Waals surface area contributed by atoms with Crippen molar-refractivity contribution in [2.24, 2.45) is 0 Å². The van der Waals surface area contributed by atoms with Gasteiger partial charge in [0.05, 0.1) is 0 Å². The van der Waals surface area contributed by atoms with Crippen molar-refractivity contribution < 1.29 is 9.59 Å². The van der Waals surface area contributed by atoms with Gasteiger partial charge in [0.1, 0.15) is 0 Å². The van der Waals surface area contributed by atoms with Crippen molar-refractivity contribution >= 4 is 12.3 Å². The van der Waals surface area contributed by atoms with Crippen LogP contribution >= 0.6 is 0 Å². The Balaban J connectivity index is 0.000000252. The summed E-state index contributed by atoms with van der Waals surface area (Å²) in [6.45, 7) is 6.19. The Labute approximate surface area is 79.3 Å². The Morgan fingerprint density at radius 3 is 2.15 bits per heavy atom. The van der Waals surface area contributed by atoms with Crippen LogP contribution in [0.2, 0.25) is 0 Å². The van der Waals surface area contributed by atoms with Crippen LogP contribution in [-0.2, 0) is 9.59 Å². The second-order valence-corrected chi connectivity index (χ2v) is 2.89. The van der Waals surface area contributed by atoms with E-state index in [4.69, 9.17) is 0 Å². The van der Waals surface area contributed by atoms with Crippen LogP contribution in [0, 0.1) is 0 Å². The number of nitrogens with one attached hydrogen (secondary N) is 1. The topological polar surface area (TPSA) is 49.4 Å². The maximum atomic E-state index is 10.6. The number of rotatable bonds is 2. The number of carbonyl (C=O) groups is 2. The summed E-state index contributed by atoms with van der Waals surface area (Å²) in [5.74, 6) is 0.225. The molecule has 0 unspecified atom stereocenters. The van der Waals surface area contributed by atoms with Crippen molar-refractivity contribution in [1.82, 2.24) is 10.2 Å². The first kappa shape index (κ1) is 11.9. The molecule has 0 aromatic rings. The highest BCUT2D eigenvalue weighted by molar-refractivity contribution is 5.73. The third-order valence-corrected chi connectivity index (χ3v) is 1.84. The lowest BCUT2D eigenvalue weighted by Crippen LogP contribution is -2.24. The second-order valence-electron chi connectivity index (χ2n) is 2.89. The molecule has 0 radical (unpaired) electrons. The van der Waals surface area contributed by atoms with Gasteiger partial charge in [-0.2, -0.15) is 0 Å². The van der Waals surface area contributed by atoms with Crippen LogP contribution in [0.15, 0.2) is 0 Å². The molecule has 13 heavy (non-hydrogen) atoms. The highest BCUT2D eigenvalue weighted by Gasteiger charge is 2.12. The zero-order valence-electron chi connectivity index (χ0n) is 8.38. The normalized spacial score (nSPS) is 14.5. The largest absolute Gasteiger partial charge is 0.359 e. The van der Waals surface area contributed by atoms with Crippen LogP contribution in [0.1, 0.15) is 26.7 Å². The Kier molecular flexibility index (Phi) is 6.96. The number of likely N-dealkylation sites (tertiary alicyclic amines) is 1. The van der Waals surface area contributed by atoms with Crippen LogP contribution in [0.3, 0.4) is 0 Å². The van der Waals surface area contributed by atoms with Gasteiger partial charge in [0.2, 0.25) is 12.3 Å². The SMILES string of the molecule is CC(=O)N1CCCC1.CCNC=O. The first-order valence-electron chi connectivity index (χ1n) is 4.65. The first-order chi connectivity index (χ1) is 6.22. The van der Waals surface area contributed by atoms with E-state index in [-0.39, 0.29) is 5.91 Å². The van der Waals surface area contributed by atoms with Crippen LogP contribution in [-0.4, -0.2) is 36.9 Å². The Morgan fingerprint density at radius 1 is 1.46 bits per heavy atom. The summed E-state index contributed by atoms with van der Waals surface area (Å²) in [5.41, 5.74) is 0. The van der Waals surface area contributed by atoms with E-state index < -0.39 is 0 Å². The van der Waals surface area contributed by atoms with E-state index in [2.05, 4.69) is 5.32 Å². The van der Waals surface area contributed by atoms with Crippen molar-refractivity contribution in [3.63, 3.8) is 0 Å². The summed E-state index contributed by atoms with van der Waals surface area (Å²) in [6, 6.07) is 0. The molecule has 4 heteroatoms. The van der Waals surface area contributed by atoms with Gasteiger partial charge in [-0.05, 0) is 19.8 Å². The van der Waals surface area contributed by atoms with Crippen LogP contribution in [0.5, 0.6) is 0 Å². The molecule has 0 aromatic carbocycles.